The molecule has 0 aliphatic rings. The molecule has 0 aliphatic carbocycles. The van der Waals surface area contributed by atoms with Crippen LogP contribution in [-0.2, 0) is 0 Å². The molecule has 84 valence electrons. The Labute approximate surface area is 92.1 Å². The molecule has 0 saturated heterocycles. The predicted octanol–water partition coefficient (Wildman–Crippen LogP) is 2.12. The van der Waals surface area contributed by atoms with Crippen LogP contribution in [0.1, 0.15) is 36.0 Å². The Morgan fingerprint density at radius 3 is 2.13 bits per heavy atom. The van der Waals surface area contributed by atoms with Gasteiger partial charge in [-0.1, -0.05) is 29.3 Å². The summed E-state index contributed by atoms with van der Waals surface area (Å²) in [7, 11) is 0. The van der Waals surface area contributed by atoms with Gasteiger partial charge in [-0.25, -0.2) is 0 Å². The molecule has 0 radical (unpaired) electrons. The van der Waals surface area contributed by atoms with Crippen molar-refractivity contribution in [1.82, 2.24) is 0 Å². The Morgan fingerprint density at radius 2 is 1.73 bits per heavy atom. The zero-order chi connectivity index (χ0) is 11.4. The fourth-order valence-electron chi connectivity index (χ4n) is 2.03. The molecule has 2 unspecified atom stereocenters. The molecular weight excluding hydrogens is 186 g/mol. The number of aliphatic hydroxyl groups is 1. The highest BCUT2D eigenvalue weighted by molar-refractivity contribution is 5.31. The zero-order valence-electron chi connectivity index (χ0n) is 9.83. The van der Waals surface area contributed by atoms with Gasteiger partial charge in [-0.15, -0.1) is 0 Å². The lowest BCUT2D eigenvalue weighted by atomic mass is 9.91. The van der Waals surface area contributed by atoms with Crippen molar-refractivity contribution < 1.29 is 5.11 Å². The lowest BCUT2D eigenvalue weighted by Gasteiger charge is -2.18. The van der Waals surface area contributed by atoms with E-state index in [-0.39, 0.29) is 12.0 Å². The monoisotopic (exact) mass is 207 g/mol. The number of hydrogen-bond donors (Lipinski definition) is 2. The topological polar surface area (TPSA) is 46.2 Å². The summed E-state index contributed by atoms with van der Waals surface area (Å²) in [6.07, 6.45) is 0.443. The maximum atomic E-state index is 9.40. The van der Waals surface area contributed by atoms with Gasteiger partial charge >= 0.3 is 0 Å². The van der Waals surface area contributed by atoms with Crippen molar-refractivity contribution in [3.63, 3.8) is 0 Å². The summed E-state index contributed by atoms with van der Waals surface area (Å²) in [4.78, 5) is 0. The molecule has 0 saturated carbocycles. The fourth-order valence-corrected chi connectivity index (χ4v) is 2.03. The predicted molar refractivity (Wildman–Crippen MR) is 64.0 cm³/mol. The molecule has 1 aromatic carbocycles. The summed E-state index contributed by atoms with van der Waals surface area (Å²) < 4.78 is 0. The number of aryl methyl sites for hydroxylation is 2. The van der Waals surface area contributed by atoms with Gasteiger partial charge < -0.3 is 10.8 Å². The van der Waals surface area contributed by atoms with E-state index in [9.17, 15) is 5.11 Å². The smallest absolute Gasteiger partial charge is 0.0518 e. The maximum Gasteiger partial charge on any atom is 0.0518 e. The number of nitrogens with two attached hydrogens (primary N) is 1. The van der Waals surface area contributed by atoms with Crippen LogP contribution < -0.4 is 5.73 Å². The second-order valence-electron chi connectivity index (χ2n) is 4.44. The molecule has 0 aliphatic heterocycles. The van der Waals surface area contributed by atoms with E-state index in [0.29, 0.717) is 6.54 Å². The highest BCUT2D eigenvalue weighted by atomic mass is 16.3. The Kier molecular flexibility index (Phi) is 4.30. The van der Waals surface area contributed by atoms with Crippen LogP contribution in [0.25, 0.3) is 0 Å². The third-order valence-corrected chi connectivity index (χ3v) is 2.63. The lowest BCUT2D eigenvalue weighted by molar-refractivity contribution is 0.175. The highest BCUT2D eigenvalue weighted by Gasteiger charge is 2.12. The van der Waals surface area contributed by atoms with E-state index in [4.69, 9.17) is 5.73 Å². The number of hydrogen-bond acceptors (Lipinski definition) is 2. The Balaban J connectivity index is 2.91. The van der Waals surface area contributed by atoms with Crippen molar-refractivity contribution in [3.05, 3.63) is 34.9 Å². The molecule has 0 spiro atoms. The quantitative estimate of drug-likeness (QED) is 0.794. The summed E-state index contributed by atoms with van der Waals surface area (Å²) >= 11 is 0. The first-order valence-electron chi connectivity index (χ1n) is 5.49. The van der Waals surface area contributed by atoms with E-state index in [0.717, 1.165) is 6.42 Å². The van der Waals surface area contributed by atoms with Crippen molar-refractivity contribution in [3.8, 4) is 0 Å². The first kappa shape index (κ1) is 12.2. The SMILES string of the molecule is Cc1cc(C)cc(C(CN)CC(C)O)c1. The summed E-state index contributed by atoms with van der Waals surface area (Å²) in [6, 6.07) is 6.47. The Bertz CT molecular complexity index is 300. The Morgan fingerprint density at radius 1 is 1.20 bits per heavy atom. The normalized spacial score (nSPS) is 15.0. The van der Waals surface area contributed by atoms with E-state index >= 15 is 0 Å². The molecule has 1 rings (SSSR count). The largest absolute Gasteiger partial charge is 0.393 e. The van der Waals surface area contributed by atoms with Gasteiger partial charge in [-0.05, 0) is 45.2 Å². The molecule has 0 fully saturated rings. The highest BCUT2D eigenvalue weighted by Crippen LogP contribution is 2.22. The number of benzene rings is 1. The first-order valence-corrected chi connectivity index (χ1v) is 5.49. The molecule has 2 atom stereocenters. The van der Waals surface area contributed by atoms with E-state index in [1.165, 1.54) is 16.7 Å². The lowest BCUT2D eigenvalue weighted by Crippen LogP contribution is -2.17. The van der Waals surface area contributed by atoms with Gasteiger partial charge in [0, 0.05) is 0 Å². The van der Waals surface area contributed by atoms with Crippen molar-refractivity contribution in [1.29, 1.82) is 0 Å². The van der Waals surface area contributed by atoms with Gasteiger partial charge in [0.1, 0.15) is 0 Å². The van der Waals surface area contributed by atoms with Crippen LogP contribution in [0.3, 0.4) is 0 Å². The van der Waals surface area contributed by atoms with Gasteiger partial charge in [0.05, 0.1) is 6.10 Å². The van der Waals surface area contributed by atoms with Crippen LogP contribution in [0.5, 0.6) is 0 Å². The van der Waals surface area contributed by atoms with Gasteiger partial charge in [0.15, 0.2) is 0 Å². The van der Waals surface area contributed by atoms with Gasteiger partial charge in [0.2, 0.25) is 0 Å². The molecule has 2 heteroatoms. The van der Waals surface area contributed by atoms with Crippen LogP contribution in [0.2, 0.25) is 0 Å². The van der Waals surface area contributed by atoms with Gasteiger partial charge in [0.25, 0.3) is 0 Å². The van der Waals surface area contributed by atoms with Crippen LogP contribution in [0.4, 0.5) is 0 Å². The molecule has 2 nitrogen and oxygen atoms in total. The minimum absolute atomic E-state index is 0.267. The second kappa shape index (κ2) is 5.29. The summed E-state index contributed by atoms with van der Waals surface area (Å²) in [5.41, 5.74) is 9.51. The second-order valence-corrected chi connectivity index (χ2v) is 4.44. The standard InChI is InChI=1S/C13H21NO/c1-9-4-10(2)6-12(5-9)13(8-14)7-11(3)15/h4-6,11,13,15H,7-8,14H2,1-3H3. The summed E-state index contributed by atoms with van der Waals surface area (Å²) in [6.45, 7) is 6.58. The Hall–Kier alpha value is -0.860. The maximum absolute atomic E-state index is 9.40. The van der Waals surface area contributed by atoms with E-state index in [1.807, 2.05) is 6.92 Å². The van der Waals surface area contributed by atoms with Crippen LogP contribution in [-0.4, -0.2) is 17.8 Å². The molecule has 3 N–H and O–H groups in total. The third kappa shape index (κ3) is 3.65. The molecule has 0 bridgehead atoms. The molecule has 1 aromatic rings. The first-order chi connectivity index (χ1) is 7.02. The van der Waals surface area contributed by atoms with Crippen molar-refractivity contribution in [2.45, 2.75) is 39.2 Å². The number of rotatable bonds is 4. The molecular formula is C13H21NO. The number of aliphatic hydroxyl groups excluding tert-OH is 1. The van der Waals surface area contributed by atoms with Gasteiger partial charge in [-0.2, -0.15) is 0 Å². The van der Waals surface area contributed by atoms with Gasteiger partial charge in [-0.3, -0.25) is 0 Å². The van der Waals surface area contributed by atoms with E-state index in [1.54, 1.807) is 0 Å². The summed E-state index contributed by atoms with van der Waals surface area (Å²) in [5.74, 6) is 0.267. The van der Waals surface area contributed by atoms with E-state index < -0.39 is 0 Å². The molecule has 0 heterocycles. The van der Waals surface area contributed by atoms with Crippen molar-refractivity contribution >= 4 is 0 Å². The molecule has 0 aromatic heterocycles. The average molecular weight is 207 g/mol. The van der Waals surface area contributed by atoms with Crippen LogP contribution in [0, 0.1) is 13.8 Å². The molecule has 0 amide bonds. The van der Waals surface area contributed by atoms with Crippen molar-refractivity contribution in [2.24, 2.45) is 5.73 Å². The van der Waals surface area contributed by atoms with Crippen LogP contribution in [0.15, 0.2) is 18.2 Å². The minimum Gasteiger partial charge on any atom is -0.393 e. The fraction of sp³-hybridized carbons (Fsp3) is 0.538. The minimum atomic E-state index is -0.292. The third-order valence-electron chi connectivity index (χ3n) is 2.63. The van der Waals surface area contributed by atoms with Crippen molar-refractivity contribution in [2.75, 3.05) is 6.54 Å². The zero-order valence-corrected chi connectivity index (χ0v) is 9.83. The van der Waals surface area contributed by atoms with E-state index in [2.05, 4.69) is 32.0 Å². The summed E-state index contributed by atoms with van der Waals surface area (Å²) in [5, 5.41) is 9.40. The molecule has 15 heavy (non-hydrogen) atoms. The average Bonchev–Trinajstić information content (AvgIpc) is 2.12. The van der Waals surface area contributed by atoms with Crippen LogP contribution >= 0.6 is 0 Å².